The fourth-order valence-electron chi connectivity index (χ4n) is 1.98. The van der Waals surface area contributed by atoms with Gasteiger partial charge in [0.2, 0.25) is 5.91 Å². The van der Waals surface area contributed by atoms with Crippen molar-refractivity contribution in [2.24, 2.45) is 5.92 Å². The molecule has 0 unspecified atom stereocenters. The van der Waals surface area contributed by atoms with Crippen LogP contribution in [0.25, 0.3) is 0 Å². The summed E-state index contributed by atoms with van der Waals surface area (Å²) < 4.78 is 0. The molecule has 1 saturated heterocycles. The molecule has 94 valence electrons. The zero-order valence-corrected chi connectivity index (χ0v) is 10.9. The van der Waals surface area contributed by atoms with Crippen LogP contribution >= 0.6 is 12.4 Å². The molecular weight excluding hydrogens is 224 g/mol. The highest BCUT2D eigenvalue weighted by atomic mass is 35.5. The van der Waals surface area contributed by atoms with Crippen LogP contribution in [-0.4, -0.2) is 37.5 Å². The molecule has 0 saturated carbocycles. The van der Waals surface area contributed by atoms with Gasteiger partial charge in [0.1, 0.15) is 0 Å². The number of nitrogens with zero attached hydrogens (tertiary/aromatic N) is 1. The molecule has 1 fully saturated rings. The van der Waals surface area contributed by atoms with E-state index in [4.69, 9.17) is 0 Å². The zero-order valence-electron chi connectivity index (χ0n) is 10.1. The van der Waals surface area contributed by atoms with Crippen LogP contribution in [0.3, 0.4) is 0 Å². The maximum Gasteiger partial charge on any atom is 0.222 e. The van der Waals surface area contributed by atoms with Gasteiger partial charge < -0.3 is 10.2 Å². The molecule has 1 N–H and O–H groups in total. The lowest BCUT2D eigenvalue weighted by molar-refractivity contribution is -0.129. The number of likely N-dealkylation sites (N-methyl/N-ethyl adjacent to an activating group) is 1. The van der Waals surface area contributed by atoms with Gasteiger partial charge in [-0.1, -0.05) is 6.08 Å². The lowest BCUT2D eigenvalue weighted by Crippen LogP contribution is -2.30. The van der Waals surface area contributed by atoms with Gasteiger partial charge in [0.15, 0.2) is 0 Å². The third kappa shape index (κ3) is 5.52. The third-order valence-corrected chi connectivity index (χ3v) is 3.05. The van der Waals surface area contributed by atoms with E-state index in [1.165, 1.54) is 12.8 Å². The fraction of sp³-hybridized carbons (Fsp3) is 0.750. The number of piperidine rings is 1. The van der Waals surface area contributed by atoms with E-state index in [9.17, 15) is 4.79 Å². The number of hydrogen-bond acceptors (Lipinski definition) is 2. The molecule has 1 aliphatic heterocycles. The second kappa shape index (κ2) is 8.59. The van der Waals surface area contributed by atoms with Crippen LogP contribution in [-0.2, 0) is 4.79 Å². The molecule has 0 spiro atoms. The first-order valence-corrected chi connectivity index (χ1v) is 5.79. The Hall–Kier alpha value is -0.540. The van der Waals surface area contributed by atoms with Crippen molar-refractivity contribution in [3.05, 3.63) is 12.7 Å². The largest absolute Gasteiger partial charge is 0.342 e. The molecule has 1 amide bonds. The summed E-state index contributed by atoms with van der Waals surface area (Å²) in [6.07, 6.45) is 5.94. The summed E-state index contributed by atoms with van der Waals surface area (Å²) in [6.45, 7) is 6.51. The molecule has 0 atom stereocenters. The smallest absolute Gasteiger partial charge is 0.222 e. The Kier molecular flexibility index (Phi) is 8.30. The van der Waals surface area contributed by atoms with E-state index in [-0.39, 0.29) is 18.3 Å². The highest BCUT2D eigenvalue weighted by molar-refractivity contribution is 5.85. The summed E-state index contributed by atoms with van der Waals surface area (Å²) in [7, 11) is 1.84. The van der Waals surface area contributed by atoms with Crippen LogP contribution in [0, 0.1) is 5.92 Å². The monoisotopic (exact) mass is 246 g/mol. The van der Waals surface area contributed by atoms with E-state index >= 15 is 0 Å². The second-order valence-corrected chi connectivity index (χ2v) is 4.29. The van der Waals surface area contributed by atoms with Crippen LogP contribution < -0.4 is 5.32 Å². The SMILES string of the molecule is C=CCN(C)C(=O)CCC1CCNCC1.Cl. The summed E-state index contributed by atoms with van der Waals surface area (Å²) in [6, 6.07) is 0. The van der Waals surface area contributed by atoms with Crippen molar-refractivity contribution in [3.8, 4) is 0 Å². The number of nitrogens with one attached hydrogen (secondary N) is 1. The van der Waals surface area contributed by atoms with Crippen LogP contribution in [0.4, 0.5) is 0 Å². The van der Waals surface area contributed by atoms with Gasteiger partial charge in [-0.2, -0.15) is 0 Å². The average molecular weight is 247 g/mol. The van der Waals surface area contributed by atoms with Crippen molar-refractivity contribution < 1.29 is 4.79 Å². The standard InChI is InChI=1S/C12H22N2O.ClH/c1-3-10-14(2)12(15)5-4-11-6-8-13-9-7-11;/h3,11,13H,1,4-10H2,2H3;1H. The Morgan fingerprint density at radius 1 is 1.50 bits per heavy atom. The first-order chi connectivity index (χ1) is 7.24. The molecule has 0 aliphatic carbocycles. The van der Waals surface area contributed by atoms with Crippen molar-refractivity contribution in [3.63, 3.8) is 0 Å². The number of amides is 1. The summed E-state index contributed by atoms with van der Waals surface area (Å²) in [5.41, 5.74) is 0. The van der Waals surface area contributed by atoms with Gasteiger partial charge in [0.25, 0.3) is 0 Å². The zero-order chi connectivity index (χ0) is 11.1. The molecule has 0 bridgehead atoms. The maximum atomic E-state index is 11.6. The molecule has 1 rings (SSSR count). The highest BCUT2D eigenvalue weighted by Gasteiger charge is 2.15. The minimum absolute atomic E-state index is 0. The van der Waals surface area contributed by atoms with E-state index in [0.29, 0.717) is 13.0 Å². The lowest BCUT2D eigenvalue weighted by Gasteiger charge is -2.23. The van der Waals surface area contributed by atoms with Crippen molar-refractivity contribution >= 4 is 18.3 Å². The highest BCUT2D eigenvalue weighted by Crippen LogP contribution is 2.17. The molecule has 4 heteroatoms. The van der Waals surface area contributed by atoms with Gasteiger partial charge in [-0.3, -0.25) is 4.79 Å². The quantitative estimate of drug-likeness (QED) is 0.751. The first-order valence-electron chi connectivity index (χ1n) is 5.79. The van der Waals surface area contributed by atoms with Crippen molar-refractivity contribution in [2.75, 3.05) is 26.7 Å². The van der Waals surface area contributed by atoms with E-state index in [1.54, 1.807) is 11.0 Å². The van der Waals surface area contributed by atoms with Gasteiger partial charge in [-0.15, -0.1) is 19.0 Å². The van der Waals surface area contributed by atoms with E-state index in [1.807, 2.05) is 7.05 Å². The van der Waals surface area contributed by atoms with Crippen LogP contribution in [0.2, 0.25) is 0 Å². The molecule has 1 aliphatic rings. The van der Waals surface area contributed by atoms with Crippen LogP contribution in [0.15, 0.2) is 12.7 Å². The normalized spacial score (nSPS) is 16.3. The molecule has 0 aromatic carbocycles. The van der Waals surface area contributed by atoms with Crippen molar-refractivity contribution in [2.45, 2.75) is 25.7 Å². The molecule has 1 heterocycles. The second-order valence-electron chi connectivity index (χ2n) is 4.29. The Labute approximate surface area is 105 Å². The predicted octanol–water partition coefficient (Wildman–Crippen LogP) is 1.83. The molecular formula is C12H23ClN2O. The van der Waals surface area contributed by atoms with E-state index < -0.39 is 0 Å². The first kappa shape index (κ1) is 15.5. The molecule has 16 heavy (non-hydrogen) atoms. The topological polar surface area (TPSA) is 32.3 Å². The van der Waals surface area contributed by atoms with Crippen LogP contribution in [0.1, 0.15) is 25.7 Å². The molecule has 0 aromatic rings. The number of halogens is 1. The van der Waals surface area contributed by atoms with Gasteiger partial charge in [-0.05, 0) is 38.3 Å². The van der Waals surface area contributed by atoms with Gasteiger partial charge in [0, 0.05) is 20.0 Å². The number of rotatable bonds is 5. The molecule has 0 aromatic heterocycles. The lowest BCUT2D eigenvalue weighted by atomic mass is 9.93. The Bertz CT molecular complexity index is 215. The van der Waals surface area contributed by atoms with Crippen molar-refractivity contribution in [1.29, 1.82) is 0 Å². The number of carbonyl (C=O) groups excluding carboxylic acids is 1. The summed E-state index contributed by atoms with van der Waals surface area (Å²) >= 11 is 0. The van der Waals surface area contributed by atoms with Gasteiger partial charge in [-0.25, -0.2) is 0 Å². The Morgan fingerprint density at radius 3 is 2.69 bits per heavy atom. The molecule has 3 nitrogen and oxygen atoms in total. The van der Waals surface area contributed by atoms with E-state index in [0.717, 1.165) is 25.4 Å². The fourth-order valence-corrected chi connectivity index (χ4v) is 1.98. The van der Waals surface area contributed by atoms with E-state index in [2.05, 4.69) is 11.9 Å². The number of carbonyl (C=O) groups is 1. The minimum atomic E-state index is 0. The summed E-state index contributed by atoms with van der Waals surface area (Å²) in [5, 5.41) is 3.34. The average Bonchev–Trinajstić information content (AvgIpc) is 2.27. The molecule has 0 radical (unpaired) electrons. The summed E-state index contributed by atoms with van der Waals surface area (Å²) in [5.74, 6) is 0.987. The third-order valence-electron chi connectivity index (χ3n) is 3.05. The van der Waals surface area contributed by atoms with Crippen molar-refractivity contribution in [1.82, 2.24) is 10.2 Å². The minimum Gasteiger partial charge on any atom is -0.342 e. The Balaban J connectivity index is 0.00000225. The summed E-state index contributed by atoms with van der Waals surface area (Å²) in [4.78, 5) is 13.4. The van der Waals surface area contributed by atoms with Gasteiger partial charge in [0.05, 0.1) is 0 Å². The predicted molar refractivity (Wildman–Crippen MR) is 69.9 cm³/mol. The Morgan fingerprint density at radius 2 is 2.12 bits per heavy atom. The van der Waals surface area contributed by atoms with Gasteiger partial charge >= 0.3 is 0 Å². The maximum absolute atomic E-state index is 11.6. The number of hydrogen-bond donors (Lipinski definition) is 1. The van der Waals surface area contributed by atoms with Crippen LogP contribution in [0.5, 0.6) is 0 Å².